The van der Waals surface area contributed by atoms with Crippen molar-refractivity contribution < 1.29 is 8.42 Å². The zero-order valence-electron chi connectivity index (χ0n) is 11.2. The van der Waals surface area contributed by atoms with Gasteiger partial charge >= 0.3 is 0 Å². The van der Waals surface area contributed by atoms with E-state index in [0.717, 1.165) is 32.2 Å². The average molecular weight is 289 g/mol. The number of thiophene rings is 1. The topological polar surface area (TPSA) is 46.2 Å². The Bertz CT molecular complexity index is 412. The highest BCUT2D eigenvalue weighted by Crippen LogP contribution is 2.14. The Hall–Kier alpha value is -0.390. The lowest BCUT2D eigenvalue weighted by molar-refractivity contribution is 0.466. The first-order valence-corrected chi connectivity index (χ1v) is 9.38. The molecule has 1 rings (SSSR count). The van der Waals surface area contributed by atoms with E-state index in [1.807, 2.05) is 0 Å². The molecule has 1 atom stereocenters. The van der Waals surface area contributed by atoms with Gasteiger partial charge in [0.1, 0.15) is 9.84 Å². The first-order valence-electron chi connectivity index (χ1n) is 6.44. The summed E-state index contributed by atoms with van der Waals surface area (Å²) in [4.78, 5) is 1.41. The number of aryl methyl sites for hydroxylation is 1. The molecule has 1 aromatic rings. The molecule has 5 heteroatoms. The molecule has 104 valence electrons. The Kier molecular flexibility index (Phi) is 6.89. The number of sulfone groups is 1. The maximum absolute atomic E-state index is 11.2. The van der Waals surface area contributed by atoms with Gasteiger partial charge in [0.2, 0.25) is 0 Å². The fourth-order valence-corrected chi connectivity index (χ4v) is 3.43. The van der Waals surface area contributed by atoms with E-state index >= 15 is 0 Å². The standard InChI is InChI=1S/C13H23NO2S2/c1-3-14-12(9-11-18(2,15)16)6-4-7-13-8-5-10-17-13/h5,8,10,12,14H,3-4,6-7,9,11H2,1-2H3. The van der Waals surface area contributed by atoms with Crippen LogP contribution in [0.4, 0.5) is 0 Å². The second kappa shape index (κ2) is 7.92. The zero-order valence-corrected chi connectivity index (χ0v) is 12.8. The normalized spacial score (nSPS) is 13.7. The van der Waals surface area contributed by atoms with Crippen LogP contribution in [-0.4, -0.2) is 33.0 Å². The Morgan fingerprint density at radius 3 is 2.72 bits per heavy atom. The molecule has 0 bridgehead atoms. The molecule has 0 aliphatic carbocycles. The minimum Gasteiger partial charge on any atom is -0.314 e. The summed E-state index contributed by atoms with van der Waals surface area (Å²) in [5.74, 6) is 0.281. The van der Waals surface area contributed by atoms with Gasteiger partial charge in [0.15, 0.2) is 0 Å². The highest BCUT2D eigenvalue weighted by Gasteiger charge is 2.11. The summed E-state index contributed by atoms with van der Waals surface area (Å²) >= 11 is 1.79. The molecule has 1 N–H and O–H groups in total. The Morgan fingerprint density at radius 1 is 1.39 bits per heavy atom. The van der Waals surface area contributed by atoms with Gasteiger partial charge < -0.3 is 5.32 Å². The van der Waals surface area contributed by atoms with Gasteiger partial charge in [-0.25, -0.2) is 8.42 Å². The van der Waals surface area contributed by atoms with Crippen LogP contribution in [0.2, 0.25) is 0 Å². The number of hydrogen-bond acceptors (Lipinski definition) is 4. The van der Waals surface area contributed by atoms with Crippen LogP contribution in [0.1, 0.15) is 31.1 Å². The van der Waals surface area contributed by atoms with E-state index in [2.05, 4.69) is 29.8 Å². The van der Waals surface area contributed by atoms with Gasteiger partial charge in [-0.05, 0) is 43.7 Å². The van der Waals surface area contributed by atoms with Crippen molar-refractivity contribution in [2.24, 2.45) is 0 Å². The molecule has 3 nitrogen and oxygen atoms in total. The lowest BCUT2D eigenvalue weighted by Crippen LogP contribution is -2.31. The molecule has 0 fully saturated rings. The van der Waals surface area contributed by atoms with E-state index in [4.69, 9.17) is 0 Å². The summed E-state index contributed by atoms with van der Waals surface area (Å²) in [6.45, 7) is 2.96. The Balaban J connectivity index is 2.28. The average Bonchev–Trinajstić information content (AvgIpc) is 2.78. The van der Waals surface area contributed by atoms with E-state index < -0.39 is 9.84 Å². The van der Waals surface area contributed by atoms with Crippen LogP contribution in [0.5, 0.6) is 0 Å². The molecule has 1 aromatic heterocycles. The number of hydrogen-bond donors (Lipinski definition) is 1. The van der Waals surface area contributed by atoms with Crippen molar-refractivity contribution in [3.05, 3.63) is 22.4 Å². The van der Waals surface area contributed by atoms with E-state index in [0.29, 0.717) is 6.04 Å². The van der Waals surface area contributed by atoms with Gasteiger partial charge in [0.25, 0.3) is 0 Å². The summed E-state index contributed by atoms with van der Waals surface area (Å²) in [5.41, 5.74) is 0. The maximum atomic E-state index is 11.2. The van der Waals surface area contributed by atoms with Crippen LogP contribution in [0.3, 0.4) is 0 Å². The monoisotopic (exact) mass is 289 g/mol. The molecule has 0 aliphatic rings. The quantitative estimate of drug-likeness (QED) is 0.759. The zero-order chi connectivity index (χ0) is 13.4. The van der Waals surface area contributed by atoms with Gasteiger partial charge in [-0.15, -0.1) is 11.3 Å². The Morgan fingerprint density at radius 2 is 2.17 bits per heavy atom. The van der Waals surface area contributed by atoms with E-state index in [-0.39, 0.29) is 5.75 Å². The molecule has 0 saturated carbocycles. The van der Waals surface area contributed by atoms with E-state index in [1.54, 1.807) is 11.3 Å². The van der Waals surface area contributed by atoms with Crippen molar-refractivity contribution in [3.63, 3.8) is 0 Å². The summed E-state index contributed by atoms with van der Waals surface area (Å²) < 4.78 is 22.3. The van der Waals surface area contributed by atoms with Gasteiger partial charge in [-0.2, -0.15) is 0 Å². The number of nitrogens with one attached hydrogen (secondary N) is 1. The third kappa shape index (κ3) is 7.13. The van der Waals surface area contributed by atoms with Crippen molar-refractivity contribution in [1.29, 1.82) is 0 Å². The molecule has 0 aliphatic heterocycles. The van der Waals surface area contributed by atoms with Crippen LogP contribution in [0.15, 0.2) is 17.5 Å². The van der Waals surface area contributed by atoms with Gasteiger partial charge in [0, 0.05) is 17.2 Å². The second-order valence-corrected chi connectivity index (χ2v) is 7.94. The lowest BCUT2D eigenvalue weighted by Gasteiger charge is -2.17. The van der Waals surface area contributed by atoms with Crippen molar-refractivity contribution >= 4 is 21.2 Å². The molecule has 0 aromatic carbocycles. The molecule has 0 amide bonds. The summed E-state index contributed by atoms with van der Waals surface area (Å²) in [7, 11) is -2.84. The molecule has 0 saturated heterocycles. The summed E-state index contributed by atoms with van der Waals surface area (Å²) in [5, 5.41) is 5.47. The summed E-state index contributed by atoms with van der Waals surface area (Å²) in [6.07, 6.45) is 5.28. The van der Waals surface area contributed by atoms with Gasteiger partial charge in [-0.1, -0.05) is 13.0 Å². The molecule has 0 spiro atoms. The maximum Gasteiger partial charge on any atom is 0.147 e. The predicted molar refractivity (Wildman–Crippen MR) is 79.0 cm³/mol. The van der Waals surface area contributed by atoms with E-state index in [1.165, 1.54) is 11.1 Å². The SMILES string of the molecule is CCNC(CCCc1cccs1)CCS(C)(=O)=O. The molecular weight excluding hydrogens is 266 g/mol. The fourth-order valence-electron chi connectivity index (χ4n) is 1.97. The van der Waals surface area contributed by atoms with Crippen LogP contribution in [-0.2, 0) is 16.3 Å². The highest BCUT2D eigenvalue weighted by molar-refractivity contribution is 7.90. The van der Waals surface area contributed by atoms with Crippen LogP contribution in [0, 0.1) is 0 Å². The number of rotatable bonds is 9. The third-order valence-electron chi connectivity index (χ3n) is 2.89. The van der Waals surface area contributed by atoms with Crippen LogP contribution < -0.4 is 5.32 Å². The molecule has 1 heterocycles. The largest absolute Gasteiger partial charge is 0.314 e. The van der Waals surface area contributed by atoms with Crippen molar-refractivity contribution in [1.82, 2.24) is 5.32 Å². The van der Waals surface area contributed by atoms with Crippen molar-refractivity contribution in [2.45, 2.75) is 38.6 Å². The van der Waals surface area contributed by atoms with E-state index in [9.17, 15) is 8.42 Å². The molecular formula is C13H23NO2S2. The molecule has 0 radical (unpaired) electrons. The molecule has 18 heavy (non-hydrogen) atoms. The summed E-state index contributed by atoms with van der Waals surface area (Å²) in [6, 6.07) is 4.55. The fraction of sp³-hybridized carbons (Fsp3) is 0.692. The first-order chi connectivity index (χ1) is 8.51. The highest BCUT2D eigenvalue weighted by atomic mass is 32.2. The van der Waals surface area contributed by atoms with Gasteiger partial charge in [-0.3, -0.25) is 0 Å². The second-order valence-electron chi connectivity index (χ2n) is 4.64. The minimum absolute atomic E-state index is 0.281. The first kappa shape index (κ1) is 15.7. The van der Waals surface area contributed by atoms with Gasteiger partial charge in [0.05, 0.1) is 5.75 Å². The Labute approximate surface area is 115 Å². The van der Waals surface area contributed by atoms with Crippen LogP contribution >= 0.6 is 11.3 Å². The van der Waals surface area contributed by atoms with Crippen molar-refractivity contribution in [3.8, 4) is 0 Å². The minimum atomic E-state index is -2.84. The predicted octanol–water partition coefficient (Wildman–Crippen LogP) is 2.48. The van der Waals surface area contributed by atoms with Crippen molar-refractivity contribution in [2.75, 3.05) is 18.6 Å². The smallest absolute Gasteiger partial charge is 0.147 e. The van der Waals surface area contributed by atoms with Crippen LogP contribution in [0.25, 0.3) is 0 Å². The lowest BCUT2D eigenvalue weighted by atomic mass is 10.1. The molecule has 1 unspecified atom stereocenters. The third-order valence-corrected chi connectivity index (χ3v) is 4.80.